The molecule has 1 aromatic carbocycles. The second kappa shape index (κ2) is 5.48. The van der Waals surface area contributed by atoms with Crippen LogP contribution < -0.4 is 0 Å². The zero-order valence-electron chi connectivity index (χ0n) is 9.23. The molecule has 92 valence electrons. The molecule has 0 bridgehead atoms. The third-order valence-electron chi connectivity index (χ3n) is 3.07. The molecule has 0 N–H and O–H groups in total. The van der Waals surface area contributed by atoms with E-state index >= 15 is 0 Å². The summed E-state index contributed by atoms with van der Waals surface area (Å²) in [6.45, 7) is 0. The summed E-state index contributed by atoms with van der Waals surface area (Å²) in [4.78, 5) is 11.1. The molecule has 5 heteroatoms. The Labute approximate surface area is 117 Å². The van der Waals surface area contributed by atoms with Crippen LogP contribution in [0.2, 0.25) is 0 Å². The van der Waals surface area contributed by atoms with Crippen molar-refractivity contribution < 1.29 is 4.92 Å². The number of aryl methyl sites for hydroxylation is 1. The van der Waals surface area contributed by atoms with Gasteiger partial charge in [0.2, 0.25) is 0 Å². The normalized spacial score (nSPS) is 16.8. The first-order chi connectivity index (χ1) is 8.08. The van der Waals surface area contributed by atoms with E-state index in [4.69, 9.17) is 0 Å². The van der Waals surface area contributed by atoms with E-state index in [9.17, 15) is 10.1 Å². The van der Waals surface area contributed by atoms with Crippen molar-refractivity contribution >= 4 is 37.5 Å². The highest BCUT2D eigenvalue weighted by Gasteiger charge is 2.29. The Balaban J connectivity index is 2.06. The van der Waals surface area contributed by atoms with Gasteiger partial charge in [-0.1, -0.05) is 37.9 Å². The number of alkyl halides is 1. The van der Waals surface area contributed by atoms with E-state index in [2.05, 4.69) is 31.9 Å². The second-order valence-corrected chi connectivity index (χ2v) is 6.51. The van der Waals surface area contributed by atoms with E-state index in [-0.39, 0.29) is 10.6 Å². The third-order valence-corrected chi connectivity index (χ3v) is 4.77. The molecule has 2 rings (SSSR count). The topological polar surface area (TPSA) is 43.1 Å². The van der Waals surface area contributed by atoms with E-state index in [1.165, 1.54) is 12.8 Å². The highest BCUT2D eigenvalue weighted by atomic mass is 79.9. The van der Waals surface area contributed by atoms with Crippen molar-refractivity contribution in [3.8, 4) is 0 Å². The number of nitro benzene ring substituents is 1. The summed E-state index contributed by atoms with van der Waals surface area (Å²) in [7, 11) is 0. The first-order valence-corrected chi connectivity index (χ1v) is 7.35. The third kappa shape index (κ3) is 3.52. The maximum Gasteiger partial charge on any atom is 0.273 e. The van der Waals surface area contributed by atoms with Crippen LogP contribution in [0, 0.1) is 16.0 Å². The van der Waals surface area contributed by atoms with Gasteiger partial charge in [0.25, 0.3) is 5.69 Å². The maximum absolute atomic E-state index is 10.9. The number of hydrogen-bond acceptors (Lipinski definition) is 2. The van der Waals surface area contributed by atoms with Gasteiger partial charge in [0.15, 0.2) is 0 Å². The molecule has 1 unspecified atom stereocenters. The molecule has 0 saturated heterocycles. The molecule has 3 nitrogen and oxygen atoms in total. The lowest BCUT2D eigenvalue weighted by atomic mass is 10.0. The van der Waals surface area contributed by atoms with Crippen LogP contribution in [-0.4, -0.2) is 9.75 Å². The Morgan fingerprint density at radius 1 is 1.47 bits per heavy atom. The lowest BCUT2D eigenvalue weighted by Gasteiger charge is -2.08. The predicted octanol–water partition coefficient (Wildman–Crippen LogP) is 4.46. The molecule has 0 aliphatic heterocycles. The van der Waals surface area contributed by atoms with Crippen molar-refractivity contribution in [3.05, 3.63) is 38.3 Å². The number of hydrogen-bond donors (Lipinski definition) is 0. The molecule has 0 radical (unpaired) electrons. The molecule has 0 spiro atoms. The molecule has 0 heterocycles. The molecule has 1 saturated carbocycles. The van der Waals surface area contributed by atoms with Gasteiger partial charge in [-0.3, -0.25) is 10.1 Å². The Hall–Kier alpha value is -0.420. The smallest absolute Gasteiger partial charge is 0.258 e. The number of halogens is 2. The largest absolute Gasteiger partial charge is 0.273 e. The molecule has 1 aliphatic rings. The minimum absolute atomic E-state index is 0.217. The van der Waals surface area contributed by atoms with E-state index in [1.54, 1.807) is 6.07 Å². The lowest BCUT2D eigenvalue weighted by Crippen LogP contribution is -2.04. The van der Waals surface area contributed by atoms with Crippen molar-refractivity contribution in [2.75, 3.05) is 0 Å². The zero-order chi connectivity index (χ0) is 12.4. The first-order valence-electron chi connectivity index (χ1n) is 5.65. The maximum atomic E-state index is 10.9. The lowest BCUT2D eigenvalue weighted by molar-refractivity contribution is -0.385. The van der Waals surface area contributed by atoms with Crippen molar-refractivity contribution in [2.24, 2.45) is 5.92 Å². The summed E-state index contributed by atoms with van der Waals surface area (Å²) in [5, 5.41) is 10.9. The van der Waals surface area contributed by atoms with Gasteiger partial charge >= 0.3 is 0 Å². The highest BCUT2D eigenvalue weighted by molar-refractivity contribution is 9.10. The van der Waals surface area contributed by atoms with Crippen LogP contribution >= 0.6 is 31.9 Å². The van der Waals surface area contributed by atoms with Crippen LogP contribution in [0.4, 0.5) is 5.69 Å². The van der Waals surface area contributed by atoms with Crippen LogP contribution in [0.1, 0.15) is 24.8 Å². The fourth-order valence-electron chi connectivity index (χ4n) is 1.91. The Kier molecular flexibility index (Phi) is 4.20. The molecular weight excluding hydrogens is 350 g/mol. The SMILES string of the molecule is O=[N+]([O-])c1cc(Br)ccc1CCC(Br)C1CC1. The molecule has 1 fully saturated rings. The number of nitro groups is 1. The van der Waals surface area contributed by atoms with Crippen molar-refractivity contribution in [3.63, 3.8) is 0 Å². The Morgan fingerprint density at radius 2 is 2.18 bits per heavy atom. The van der Waals surface area contributed by atoms with Gasteiger partial charge in [-0.15, -0.1) is 0 Å². The van der Waals surface area contributed by atoms with Gasteiger partial charge in [-0.25, -0.2) is 0 Å². The first kappa shape index (κ1) is 13.0. The van der Waals surface area contributed by atoms with Crippen LogP contribution in [0.15, 0.2) is 22.7 Å². The van der Waals surface area contributed by atoms with Gasteiger partial charge < -0.3 is 0 Å². The van der Waals surface area contributed by atoms with E-state index < -0.39 is 0 Å². The molecular formula is C12H13Br2NO2. The van der Waals surface area contributed by atoms with E-state index in [1.807, 2.05) is 12.1 Å². The fraction of sp³-hybridized carbons (Fsp3) is 0.500. The minimum Gasteiger partial charge on any atom is -0.258 e. The standard InChI is InChI=1S/C12H13Br2NO2/c13-10-5-3-9(12(7-10)15(16)17)4-6-11(14)8-1-2-8/h3,5,7-8,11H,1-2,4,6H2. The summed E-state index contributed by atoms with van der Waals surface area (Å²) in [6, 6.07) is 5.28. The molecule has 0 amide bonds. The van der Waals surface area contributed by atoms with Crippen LogP contribution in [0.3, 0.4) is 0 Å². The Morgan fingerprint density at radius 3 is 2.76 bits per heavy atom. The molecule has 0 aromatic heterocycles. The monoisotopic (exact) mass is 361 g/mol. The van der Waals surface area contributed by atoms with Crippen LogP contribution in [0.25, 0.3) is 0 Å². The van der Waals surface area contributed by atoms with Crippen molar-refractivity contribution in [1.29, 1.82) is 0 Å². The van der Waals surface area contributed by atoms with Crippen molar-refractivity contribution in [2.45, 2.75) is 30.5 Å². The number of benzene rings is 1. The number of rotatable bonds is 5. The predicted molar refractivity (Wildman–Crippen MR) is 74.6 cm³/mol. The van der Waals surface area contributed by atoms with Crippen molar-refractivity contribution in [1.82, 2.24) is 0 Å². The number of nitrogens with zero attached hydrogens (tertiary/aromatic N) is 1. The highest BCUT2D eigenvalue weighted by Crippen LogP contribution is 2.39. The minimum atomic E-state index is -0.305. The molecule has 1 aliphatic carbocycles. The van der Waals surface area contributed by atoms with E-state index in [0.29, 0.717) is 4.83 Å². The average molecular weight is 363 g/mol. The summed E-state index contributed by atoms with van der Waals surface area (Å²) < 4.78 is 0.755. The molecule has 17 heavy (non-hydrogen) atoms. The van der Waals surface area contributed by atoms with Gasteiger partial charge in [0.05, 0.1) is 4.92 Å². The Bertz CT molecular complexity index is 433. The van der Waals surface area contributed by atoms with Crippen LogP contribution in [-0.2, 0) is 6.42 Å². The average Bonchev–Trinajstić information content (AvgIpc) is 3.10. The van der Waals surface area contributed by atoms with Gasteiger partial charge in [0.1, 0.15) is 0 Å². The quantitative estimate of drug-likeness (QED) is 0.440. The zero-order valence-corrected chi connectivity index (χ0v) is 12.4. The van der Waals surface area contributed by atoms with Gasteiger partial charge in [-0.2, -0.15) is 0 Å². The van der Waals surface area contributed by atoms with E-state index in [0.717, 1.165) is 28.8 Å². The summed E-state index contributed by atoms with van der Waals surface area (Å²) in [5.41, 5.74) is 1.04. The second-order valence-electron chi connectivity index (χ2n) is 4.42. The molecule has 1 atom stereocenters. The van der Waals surface area contributed by atoms with Gasteiger partial charge in [0, 0.05) is 20.9 Å². The summed E-state index contributed by atoms with van der Waals surface area (Å²) >= 11 is 6.92. The van der Waals surface area contributed by atoms with Gasteiger partial charge in [-0.05, 0) is 37.7 Å². The van der Waals surface area contributed by atoms with Crippen LogP contribution in [0.5, 0.6) is 0 Å². The fourth-order valence-corrected chi connectivity index (χ4v) is 3.01. The summed E-state index contributed by atoms with van der Waals surface area (Å²) in [5.74, 6) is 0.782. The summed E-state index contributed by atoms with van der Waals surface area (Å²) in [6.07, 6.45) is 4.31. The molecule has 1 aromatic rings.